The number of hydrogen-bond donors (Lipinski definition) is 0. The van der Waals surface area contributed by atoms with Gasteiger partial charge in [-0.25, -0.2) is 0 Å². The van der Waals surface area contributed by atoms with Crippen molar-refractivity contribution < 1.29 is 0 Å². The molecule has 0 heteroatoms. The SMILES string of the molecule is C=CCC(C(=C)c1cccc(C)c1/C=C\C)c1ccc(-c2c3ccccc3c(-c3cccc4ccccc34)c3ccccc23)cc1.CCCC. The molecule has 50 heavy (non-hydrogen) atoms. The van der Waals surface area contributed by atoms with E-state index in [1.807, 2.05) is 6.08 Å². The first-order valence-electron chi connectivity index (χ1n) is 18.1. The zero-order chi connectivity index (χ0) is 35.0. The molecule has 0 nitrogen and oxygen atoms in total. The molecule has 248 valence electrons. The van der Waals surface area contributed by atoms with Gasteiger partial charge in [-0.1, -0.05) is 185 Å². The molecule has 0 aliphatic heterocycles. The summed E-state index contributed by atoms with van der Waals surface area (Å²) in [6, 6.07) is 48.8. The van der Waals surface area contributed by atoms with Gasteiger partial charge in [-0.3, -0.25) is 0 Å². The molecule has 7 rings (SSSR count). The summed E-state index contributed by atoms with van der Waals surface area (Å²) >= 11 is 0. The fourth-order valence-electron chi connectivity index (χ4n) is 7.24. The van der Waals surface area contributed by atoms with Gasteiger partial charge < -0.3 is 0 Å². The number of allylic oxidation sites excluding steroid dienone is 3. The van der Waals surface area contributed by atoms with Crippen molar-refractivity contribution in [3.05, 3.63) is 181 Å². The van der Waals surface area contributed by atoms with Gasteiger partial charge in [-0.05, 0) is 103 Å². The fraction of sp³-hybridized carbons (Fsp3) is 0.160. The Balaban J connectivity index is 0.00000103. The topological polar surface area (TPSA) is 0 Å². The zero-order valence-electron chi connectivity index (χ0n) is 30.0. The van der Waals surface area contributed by atoms with E-state index < -0.39 is 0 Å². The number of aryl methyl sites for hydroxylation is 1. The quantitative estimate of drug-likeness (QED) is 0.108. The highest BCUT2D eigenvalue weighted by molar-refractivity contribution is 6.23. The molecule has 0 aliphatic rings. The molecule has 7 aromatic carbocycles. The predicted molar refractivity (Wildman–Crippen MR) is 223 cm³/mol. The van der Waals surface area contributed by atoms with Crippen molar-refractivity contribution in [1.29, 1.82) is 0 Å². The molecule has 0 bridgehead atoms. The molecule has 7 aromatic rings. The van der Waals surface area contributed by atoms with Crippen molar-refractivity contribution in [1.82, 2.24) is 0 Å². The molecular weight excluding hydrogens is 601 g/mol. The third-order valence-corrected chi connectivity index (χ3v) is 9.92. The number of benzene rings is 7. The van der Waals surface area contributed by atoms with Gasteiger partial charge in [0.2, 0.25) is 0 Å². The van der Waals surface area contributed by atoms with Crippen LogP contribution in [0.3, 0.4) is 0 Å². The maximum absolute atomic E-state index is 4.65. The average Bonchev–Trinajstić information content (AvgIpc) is 3.16. The summed E-state index contributed by atoms with van der Waals surface area (Å²) in [5, 5.41) is 7.60. The molecule has 0 saturated heterocycles. The number of rotatable bonds is 9. The molecule has 0 aliphatic carbocycles. The van der Waals surface area contributed by atoms with Gasteiger partial charge in [0.25, 0.3) is 0 Å². The van der Waals surface area contributed by atoms with Crippen LogP contribution in [-0.2, 0) is 0 Å². The van der Waals surface area contributed by atoms with E-state index in [1.54, 1.807) is 0 Å². The molecule has 0 fully saturated rings. The Labute approximate surface area is 299 Å². The van der Waals surface area contributed by atoms with Crippen molar-refractivity contribution in [2.75, 3.05) is 0 Å². The Morgan fingerprint density at radius 1 is 0.620 bits per heavy atom. The summed E-state index contributed by atoms with van der Waals surface area (Å²) in [6.07, 6.45) is 9.79. The molecule has 1 unspecified atom stereocenters. The minimum atomic E-state index is 0.139. The minimum absolute atomic E-state index is 0.139. The Bertz CT molecular complexity index is 2250. The van der Waals surface area contributed by atoms with E-state index >= 15 is 0 Å². The van der Waals surface area contributed by atoms with Gasteiger partial charge in [0.15, 0.2) is 0 Å². The third kappa shape index (κ3) is 6.72. The summed E-state index contributed by atoms with van der Waals surface area (Å²) in [4.78, 5) is 0. The maximum atomic E-state index is 4.65. The summed E-state index contributed by atoms with van der Waals surface area (Å²) < 4.78 is 0. The van der Waals surface area contributed by atoms with Crippen LogP contribution < -0.4 is 0 Å². The Morgan fingerprint density at radius 2 is 1.16 bits per heavy atom. The number of fused-ring (bicyclic) bond motifs is 3. The van der Waals surface area contributed by atoms with Crippen molar-refractivity contribution in [3.63, 3.8) is 0 Å². The van der Waals surface area contributed by atoms with Crippen LogP contribution in [-0.4, -0.2) is 0 Å². The van der Waals surface area contributed by atoms with Crippen LogP contribution in [0.1, 0.15) is 68.2 Å². The largest absolute Gasteiger partial charge is 0.103 e. The van der Waals surface area contributed by atoms with Gasteiger partial charge in [-0.2, -0.15) is 0 Å². The summed E-state index contributed by atoms with van der Waals surface area (Å²) in [7, 11) is 0. The molecule has 0 aromatic heterocycles. The van der Waals surface area contributed by atoms with Crippen LogP contribution in [0.4, 0.5) is 0 Å². The maximum Gasteiger partial charge on any atom is 0.0124 e. The molecular formula is C50H48. The van der Waals surface area contributed by atoms with E-state index in [0.717, 1.165) is 12.0 Å². The van der Waals surface area contributed by atoms with E-state index in [1.165, 1.54) is 89.7 Å². The molecule has 0 radical (unpaired) electrons. The highest BCUT2D eigenvalue weighted by atomic mass is 14.2. The first-order chi connectivity index (χ1) is 24.5. The number of unbranched alkanes of at least 4 members (excludes halogenated alkanes) is 1. The monoisotopic (exact) mass is 648 g/mol. The van der Waals surface area contributed by atoms with Crippen LogP contribution in [0, 0.1) is 6.92 Å². The van der Waals surface area contributed by atoms with Crippen LogP contribution in [0.2, 0.25) is 0 Å². The summed E-state index contributed by atoms with van der Waals surface area (Å²) in [5.74, 6) is 0.139. The van der Waals surface area contributed by atoms with E-state index in [9.17, 15) is 0 Å². The second-order valence-corrected chi connectivity index (χ2v) is 13.1. The van der Waals surface area contributed by atoms with Gasteiger partial charge in [0.1, 0.15) is 0 Å². The van der Waals surface area contributed by atoms with E-state index in [0.29, 0.717) is 0 Å². The Morgan fingerprint density at radius 3 is 1.74 bits per heavy atom. The Hall–Kier alpha value is -5.46. The van der Waals surface area contributed by atoms with Crippen molar-refractivity contribution >= 4 is 44.0 Å². The summed E-state index contributed by atoms with van der Waals surface area (Å²) in [6.45, 7) is 17.4. The fourth-order valence-corrected chi connectivity index (χ4v) is 7.24. The van der Waals surface area contributed by atoms with Crippen molar-refractivity contribution in [2.45, 2.75) is 52.9 Å². The lowest BCUT2D eigenvalue weighted by atomic mass is 9.81. The van der Waals surface area contributed by atoms with E-state index in [-0.39, 0.29) is 5.92 Å². The number of hydrogen-bond acceptors (Lipinski definition) is 0. The standard InChI is InChI=1S/C46H38.C4H10/c1-5-15-36-31(3)17-13-25-38(36)32(4)37(16-6-2)34-27-29-35(30-28-34)45-41-21-9-11-23-43(41)46(44-24-12-10-22-42(44)45)40-26-14-19-33-18-7-8-20-39(33)40;1-3-4-2/h5-15,17-30,37H,2,4,16H2,1,3H3;3-4H2,1-2H3/b15-5-;. The lowest BCUT2D eigenvalue weighted by molar-refractivity contribution is 0.886. The molecule has 0 heterocycles. The first-order valence-corrected chi connectivity index (χ1v) is 18.1. The van der Waals surface area contributed by atoms with Gasteiger partial charge >= 0.3 is 0 Å². The minimum Gasteiger partial charge on any atom is -0.103 e. The molecule has 0 saturated carbocycles. The molecule has 0 spiro atoms. The molecule has 0 N–H and O–H groups in total. The van der Waals surface area contributed by atoms with Crippen LogP contribution in [0.25, 0.3) is 66.2 Å². The van der Waals surface area contributed by atoms with Crippen molar-refractivity contribution in [2.24, 2.45) is 0 Å². The van der Waals surface area contributed by atoms with Gasteiger partial charge in [0, 0.05) is 5.92 Å². The van der Waals surface area contributed by atoms with Crippen LogP contribution in [0.5, 0.6) is 0 Å². The summed E-state index contributed by atoms with van der Waals surface area (Å²) in [5.41, 5.74) is 11.1. The highest BCUT2D eigenvalue weighted by Crippen LogP contribution is 2.46. The lowest BCUT2D eigenvalue weighted by Gasteiger charge is -2.22. The van der Waals surface area contributed by atoms with Gasteiger partial charge in [0.05, 0.1) is 0 Å². The average molecular weight is 649 g/mol. The Kier molecular flexibility index (Phi) is 10.9. The third-order valence-electron chi connectivity index (χ3n) is 9.92. The highest BCUT2D eigenvalue weighted by Gasteiger charge is 2.20. The van der Waals surface area contributed by atoms with Crippen LogP contribution >= 0.6 is 0 Å². The van der Waals surface area contributed by atoms with Gasteiger partial charge in [-0.15, -0.1) is 6.58 Å². The lowest BCUT2D eigenvalue weighted by Crippen LogP contribution is -2.03. The predicted octanol–water partition coefficient (Wildman–Crippen LogP) is 15.0. The van der Waals surface area contributed by atoms with E-state index in [2.05, 4.69) is 186 Å². The molecule has 1 atom stereocenters. The van der Waals surface area contributed by atoms with E-state index in [4.69, 9.17) is 0 Å². The molecule has 0 amide bonds. The second-order valence-electron chi connectivity index (χ2n) is 13.1. The zero-order valence-corrected chi connectivity index (χ0v) is 30.0. The second kappa shape index (κ2) is 15.8. The normalized spacial score (nSPS) is 11.8. The van der Waals surface area contributed by atoms with Crippen LogP contribution in [0.15, 0.2) is 159 Å². The first kappa shape index (κ1) is 34.4. The smallest absolute Gasteiger partial charge is 0.0124 e. The van der Waals surface area contributed by atoms with Crippen molar-refractivity contribution in [3.8, 4) is 22.3 Å².